The number of benzene rings is 1. The Kier molecular flexibility index (Phi) is 5.12. The predicted molar refractivity (Wildman–Crippen MR) is 96.5 cm³/mol. The second-order valence-electron chi connectivity index (χ2n) is 5.76. The summed E-state index contributed by atoms with van der Waals surface area (Å²) in [4.78, 5) is 22.2. The van der Waals surface area contributed by atoms with Crippen molar-refractivity contribution < 1.29 is 9.45 Å². The zero-order valence-corrected chi connectivity index (χ0v) is 14.9. The van der Waals surface area contributed by atoms with Crippen molar-refractivity contribution in [3.8, 4) is 11.4 Å². The van der Waals surface area contributed by atoms with E-state index in [1.807, 2.05) is 24.3 Å². The van der Waals surface area contributed by atoms with E-state index in [4.69, 9.17) is 10.3 Å². The van der Waals surface area contributed by atoms with Crippen molar-refractivity contribution in [2.24, 2.45) is 0 Å². The summed E-state index contributed by atoms with van der Waals surface area (Å²) >= 11 is 1.20. The average Bonchev–Trinajstić information content (AvgIpc) is 3.09. The van der Waals surface area contributed by atoms with Gasteiger partial charge in [-0.3, -0.25) is 10.1 Å². The number of rotatable bonds is 6. The lowest BCUT2D eigenvalue weighted by atomic mass is 10.0. The van der Waals surface area contributed by atoms with Crippen molar-refractivity contribution in [3.63, 3.8) is 0 Å². The van der Waals surface area contributed by atoms with Gasteiger partial charge in [0.25, 0.3) is 0 Å². The molecule has 0 aliphatic rings. The Hall–Kier alpha value is -3.01. The van der Waals surface area contributed by atoms with Gasteiger partial charge < -0.3 is 10.3 Å². The van der Waals surface area contributed by atoms with Crippen molar-refractivity contribution in [1.29, 1.82) is 0 Å². The zero-order valence-electron chi connectivity index (χ0n) is 14.1. The van der Waals surface area contributed by atoms with Crippen LogP contribution in [-0.4, -0.2) is 25.0 Å². The topological polar surface area (TPSA) is 134 Å². The van der Waals surface area contributed by atoms with E-state index in [1.165, 1.54) is 17.3 Å². The molecule has 2 aromatic heterocycles. The fourth-order valence-electron chi connectivity index (χ4n) is 2.16. The minimum absolute atomic E-state index is 0.177. The standard InChI is InChI=1S/C16H16N6O3S/c1-9(2)10-3-5-11(6-4-10)15-19-13(25-21-15)8-26-16-18-7-12(22(23)24)14(17)20-16/h3-7,9H,8H2,1-2H3,(H2,17,18,20). The molecular formula is C16H16N6O3S. The summed E-state index contributed by atoms with van der Waals surface area (Å²) in [6.45, 7) is 4.26. The lowest BCUT2D eigenvalue weighted by Crippen LogP contribution is -2.01. The van der Waals surface area contributed by atoms with E-state index in [-0.39, 0.29) is 11.5 Å². The van der Waals surface area contributed by atoms with Crippen LogP contribution in [0.1, 0.15) is 31.2 Å². The van der Waals surface area contributed by atoms with Crippen LogP contribution in [0.3, 0.4) is 0 Å². The van der Waals surface area contributed by atoms with Crippen LogP contribution in [-0.2, 0) is 5.75 Å². The van der Waals surface area contributed by atoms with Gasteiger partial charge in [0.05, 0.1) is 10.7 Å². The monoisotopic (exact) mass is 372 g/mol. The molecule has 0 radical (unpaired) electrons. The number of hydrogen-bond acceptors (Lipinski definition) is 9. The summed E-state index contributed by atoms with van der Waals surface area (Å²) in [5, 5.41) is 15.0. The molecule has 0 unspecified atom stereocenters. The van der Waals surface area contributed by atoms with Crippen LogP contribution in [0, 0.1) is 10.1 Å². The fourth-order valence-corrected chi connectivity index (χ4v) is 2.82. The summed E-state index contributed by atoms with van der Waals surface area (Å²) in [6.07, 6.45) is 1.08. The molecule has 9 nitrogen and oxygen atoms in total. The second kappa shape index (κ2) is 7.48. The number of anilines is 1. The highest BCUT2D eigenvalue weighted by Gasteiger charge is 2.15. The van der Waals surface area contributed by atoms with Crippen molar-refractivity contribution >= 4 is 23.3 Å². The largest absolute Gasteiger partial charge is 0.378 e. The first-order valence-corrected chi connectivity index (χ1v) is 8.75. The zero-order chi connectivity index (χ0) is 18.7. The van der Waals surface area contributed by atoms with Gasteiger partial charge in [-0.1, -0.05) is 55.0 Å². The number of thioether (sulfide) groups is 1. The maximum Gasteiger partial charge on any atom is 0.329 e. The van der Waals surface area contributed by atoms with Crippen molar-refractivity contribution in [3.05, 3.63) is 52.0 Å². The normalized spacial score (nSPS) is 11.0. The van der Waals surface area contributed by atoms with Gasteiger partial charge in [-0.25, -0.2) is 4.98 Å². The molecule has 2 heterocycles. The Morgan fingerprint density at radius 1 is 1.27 bits per heavy atom. The number of nitrogen functional groups attached to an aromatic ring is 1. The van der Waals surface area contributed by atoms with Crippen LogP contribution in [0.2, 0.25) is 0 Å². The summed E-state index contributed by atoms with van der Waals surface area (Å²) in [5.41, 5.74) is 7.33. The van der Waals surface area contributed by atoms with Gasteiger partial charge in [-0.05, 0) is 11.5 Å². The number of nitro groups is 1. The fraction of sp³-hybridized carbons (Fsp3) is 0.250. The summed E-state index contributed by atoms with van der Waals surface area (Å²) in [6, 6.07) is 7.99. The second-order valence-corrected chi connectivity index (χ2v) is 6.70. The van der Waals surface area contributed by atoms with Crippen LogP contribution >= 0.6 is 11.8 Å². The quantitative estimate of drug-likeness (QED) is 0.299. The number of nitrogens with two attached hydrogens (primary N) is 1. The summed E-state index contributed by atoms with van der Waals surface area (Å²) in [5.74, 6) is 1.51. The summed E-state index contributed by atoms with van der Waals surface area (Å²) in [7, 11) is 0. The average molecular weight is 372 g/mol. The molecule has 134 valence electrons. The Morgan fingerprint density at radius 3 is 2.62 bits per heavy atom. The van der Waals surface area contributed by atoms with Gasteiger partial charge in [0.2, 0.25) is 17.5 Å². The minimum atomic E-state index is -0.626. The van der Waals surface area contributed by atoms with Gasteiger partial charge in [0.1, 0.15) is 6.20 Å². The molecular weight excluding hydrogens is 356 g/mol. The molecule has 1 aromatic carbocycles. The lowest BCUT2D eigenvalue weighted by Gasteiger charge is -2.04. The van der Waals surface area contributed by atoms with E-state index in [1.54, 1.807) is 0 Å². The predicted octanol–water partition coefficient (Wildman–Crippen LogP) is 3.43. The van der Waals surface area contributed by atoms with Crippen LogP contribution in [0.25, 0.3) is 11.4 Å². The van der Waals surface area contributed by atoms with Crippen LogP contribution < -0.4 is 5.73 Å². The maximum atomic E-state index is 10.7. The molecule has 2 N–H and O–H groups in total. The molecule has 0 spiro atoms. The third-order valence-electron chi connectivity index (χ3n) is 3.60. The van der Waals surface area contributed by atoms with Crippen LogP contribution in [0.5, 0.6) is 0 Å². The Labute approximate surface area is 153 Å². The molecule has 0 aliphatic carbocycles. The molecule has 26 heavy (non-hydrogen) atoms. The first-order valence-electron chi connectivity index (χ1n) is 7.76. The Morgan fingerprint density at radius 2 is 2.00 bits per heavy atom. The third-order valence-corrected chi connectivity index (χ3v) is 4.45. The highest BCUT2D eigenvalue weighted by Crippen LogP contribution is 2.25. The van der Waals surface area contributed by atoms with E-state index in [0.717, 1.165) is 11.8 Å². The minimum Gasteiger partial charge on any atom is -0.378 e. The highest BCUT2D eigenvalue weighted by molar-refractivity contribution is 7.98. The Bertz CT molecular complexity index is 926. The number of aromatic nitrogens is 4. The number of nitrogens with zero attached hydrogens (tertiary/aromatic N) is 5. The lowest BCUT2D eigenvalue weighted by molar-refractivity contribution is -0.384. The van der Waals surface area contributed by atoms with Crippen molar-refractivity contribution in [2.75, 3.05) is 5.73 Å². The number of hydrogen-bond donors (Lipinski definition) is 1. The molecule has 10 heteroatoms. The van der Waals surface area contributed by atoms with Crippen molar-refractivity contribution in [2.45, 2.75) is 30.7 Å². The molecule has 0 fully saturated rings. The van der Waals surface area contributed by atoms with Gasteiger partial charge in [-0.15, -0.1) is 0 Å². The molecule has 3 aromatic rings. The van der Waals surface area contributed by atoms with E-state index in [9.17, 15) is 10.1 Å². The van der Waals surface area contributed by atoms with E-state index in [0.29, 0.717) is 28.5 Å². The maximum absolute atomic E-state index is 10.7. The van der Waals surface area contributed by atoms with Crippen LogP contribution in [0.15, 0.2) is 40.1 Å². The van der Waals surface area contributed by atoms with Gasteiger partial charge >= 0.3 is 5.69 Å². The SMILES string of the molecule is CC(C)c1ccc(-c2noc(CSc3ncc([N+](=O)[O-])c(N)n3)n2)cc1. The van der Waals surface area contributed by atoms with Gasteiger partial charge in [0, 0.05) is 5.56 Å². The van der Waals surface area contributed by atoms with E-state index in [2.05, 4.69) is 34.0 Å². The molecule has 0 saturated carbocycles. The first-order chi connectivity index (χ1) is 12.4. The van der Waals surface area contributed by atoms with Crippen molar-refractivity contribution in [1.82, 2.24) is 20.1 Å². The smallest absolute Gasteiger partial charge is 0.329 e. The molecule has 0 bridgehead atoms. The highest BCUT2D eigenvalue weighted by atomic mass is 32.2. The molecule has 0 aliphatic heterocycles. The van der Waals surface area contributed by atoms with Gasteiger partial charge in [-0.2, -0.15) is 9.97 Å². The third kappa shape index (κ3) is 3.97. The first kappa shape index (κ1) is 17.8. The van der Waals surface area contributed by atoms with E-state index < -0.39 is 4.92 Å². The Balaban J connectivity index is 1.67. The van der Waals surface area contributed by atoms with Gasteiger partial charge in [0.15, 0.2) is 5.16 Å². The molecule has 0 amide bonds. The molecule has 0 saturated heterocycles. The van der Waals surface area contributed by atoms with E-state index >= 15 is 0 Å². The molecule has 0 atom stereocenters. The van der Waals surface area contributed by atoms with Crippen LogP contribution in [0.4, 0.5) is 11.5 Å². The molecule has 3 rings (SSSR count). The summed E-state index contributed by atoms with van der Waals surface area (Å²) < 4.78 is 5.23.